The average molecular weight is 385 g/mol. The van der Waals surface area contributed by atoms with Crippen molar-refractivity contribution in [1.29, 1.82) is 0 Å². The maximum absolute atomic E-state index is 12.8. The van der Waals surface area contributed by atoms with Crippen LogP contribution in [0.15, 0.2) is 16.7 Å². The van der Waals surface area contributed by atoms with Gasteiger partial charge in [0.25, 0.3) is 5.91 Å². The van der Waals surface area contributed by atoms with Crippen molar-refractivity contribution in [2.75, 3.05) is 19.5 Å². The van der Waals surface area contributed by atoms with Gasteiger partial charge in [-0.05, 0) is 24.1 Å². The largest absolute Gasteiger partial charge is 0.471 e. The van der Waals surface area contributed by atoms with Crippen LogP contribution in [0.4, 0.5) is 18.9 Å². The molecule has 27 heavy (non-hydrogen) atoms. The third kappa shape index (κ3) is 4.61. The Morgan fingerprint density at radius 3 is 2.41 bits per heavy atom. The first-order valence-corrected chi connectivity index (χ1v) is 7.87. The molecule has 0 saturated heterocycles. The zero-order valence-corrected chi connectivity index (χ0v) is 15.1. The number of carbonyl (C=O) groups is 2. The minimum Gasteiger partial charge on any atom is -0.329 e. The quantitative estimate of drug-likeness (QED) is 0.763. The monoisotopic (exact) mass is 385 g/mol. The number of nitrogens with one attached hydrogen (secondary N) is 2. The standard InChI is InChI=1S/C16H18F3N5O3/c1-5-9-10(14(26)20-8(2)25)6-7-11(12(9)22-24(3)4)13-21-15(27-23-13)16(17,18)19/h6-7,22H,5H2,1-4H3,(H,20,25,26). The highest BCUT2D eigenvalue weighted by atomic mass is 19.4. The van der Waals surface area contributed by atoms with E-state index < -0.39 is 23.9 Å². The van der Waals surface area contributed by atoms with Gasteiger partial charge in [0, 0.05) is 32.1 Å². The summed E-state index contributed by atoms with van der Waals surface area (Å²) in [5.74, 6) is -2.89. The molecule has 0 fully saturated rings. The molecule has 0 unspecified atom stereocenters. The van der Waals surface area contributed by atoms with Gasteiger partial charge < -0.3 is 9.95 Å². The zero-order valence-electron chi connectivity index (χ0n) is 15.1. The Hall–Kier alpha value is -2.95. The zero-order chi connectivity index (χ0) is 20.4. The lowest BCUT2D eigenvalue weighted by Crippen LogP contribution is -2.29. The summed E-state index contributed by atoms with van der Waals surface area (Å²) in [7, 11) is 3.34. The number of hydrogen-bond donors (Lipinski definition) is 2. The maximum atomic E-state index is 12.8. The molecule has 8 nitrogen and oxygen atoms in total. The van der Waals surface area contributed by atoms with E-state index >= 15 is 0 Å². The molecule has 1 aromatic carbocycles. The molecule has 2 N–H and O–H groups in total. The third-order valence-corrected chi connectivity index (χ3v) is 3.45. The highest BCUT2D eigenvalue weighted by Crippen LogP contribution is 2.35. The number of halogens is 3. The van der Waals surface area contributed by atoms with Crippen LogP contribution in [0.3, 0.4) is 0 Å². The molecular weight excluding hydrogens is 367 g/mol. The number of benzene rings is 1. The number of imide groups is 1. The first-order valence-electron chi connectivity index (χ1n) is 7.87. The first-order chi connectivity index (χ1) is 12.5. The Morgan fingerprint density at radius 1 is 1.26 bits per heavy atom. The first kappa shape index (κ1) is 20.4. The van der Waals surface area contributed by atoms with E-state index in [1.165, 1.54) is 19.1 Å². The van der Waals surface area contributed by atoms with Crippen molar-refractivity contribution in [3.63, 3.8) is 0 Å². The lowest BCUT2D eigenvalue weighted by Gasteiger charge is -2.21. The lowest BCUT2D eigenvalue weighted by molar-refractivity contribution is -0.159. The third-order valence-electron chi connectivity index (χ3n) is 3.45. The summed E-state index contributed by atoms with van der Waals surface area (Å²) in [4.78, 5) is 26.9. The van der Waals surface area contributed by atoms with Crippen molar-refractivity contribution in [2.24, 2.45) is 0 Å². The number of amides is 2. The van der Waals surface area contributed by atoms with E-state index in [9.17, 15) is 22.8 Å². The molecule has 0 aliphatic heterocycles. The second-order valence-electron chi connectivity index (χ2n) is 5.81. The van der Waals surface area contributed by atoms with Crippen LogP contribution in [0, 0.1) is 0 Å². The van der Waals surface area contributed by atoms with E-state index in [1.54, 1.807) is 26.0 Å². The molecule has 2 rings (SSSR count). The van der Waals surface area contributed by atoms with Crippen LogP contribution in [-0.2, 0) is 17.4 Å². The molecule has 2 amide bonds. The minimum atomic E-state index is -4.77. The number of hydrogen-bond acceptors (Lipinski definition) is 7. The van der Waals surface area contributed by atoms with Crippen molar-refractivity contribution in [2.45, 2.75) is 26.4 Å². The van der Waals surface area contributed by atoms with Gasteiger partial charge in [-0.2, -0.15) is 18.2 Å². The van der Waals surface area contributed by atoms with Gasteiger partial charge in [-0.3, -0.25) is 14.9 Å². The number of anilines is 1. The van der Waals surface area contributed by atoms with Gasteiger partial charge in [-0.25, -0.2) is 5.01 Å². The molecule has 0 spiro atoms. The summed E-state index contributed by atoms with van der Waals surface area (Å²) >= 11 is 0. The van der Waals surface area contributed by atoms with E-state index in [2.05, 4.69) is 25.4 Å². The van der Waals surface area contributed by atoms with Gasteiger partial charge in [0.15, 0.2) is 0 Å². The second kappa shape index (κ2) is 7.74. The van der Waals surface area contributed by atoms with Crippen molar-refractivity contribution in [1.82, 2.24) is 20.5 Å². The van der Waals surface area contributed by atoms with Crippen molar-refractivity contribution >= 4 is 17.5 Å². The molecule has 1 heterocycles. The molecular formula is C16H18F3N5O3. The molecule has 2 aromatic rings. The van der Waals surface area contributed by atoms with Gasteiger partial charge >= 0.3 is 12.1 Å². The minimum absolute atomic E-state index is 0.209. The highest BCUT2D eigenvalue weighted by Gasteiger charge is 2.39. The Balaban J connectivity index is 2.62. The van der Waals surface area contributed by atoms with Gasteiger partial charge in [-0.1, -0.05) is 12.1 Å². The predicted octanol–water partition coefficient (Wildman–Crippen LogP) is 2.48. The smallest absolute Gasteiger partial charge is 0.329 e. The van der Waals surface area contributed by atoms with Gasteiger partial charge in [0.2, 0.25) is 11.7 Å². The Labute approximate surface area is 152 Å². The fourth-order valence-electron chi connectivity index (χ4n) is 2.44. The molecule has 11 heteroatoms. The number of rotatable bonds is 5. The Bertz CT molecular complexity index is 861. The fraction of sp³-hybridized carbons (Fsp3) is 0.375. The number of nitrogens with zero attached hydrogens (tertiary/aromatic N) is 3. The van der Waals surface area contributed by atoms with Crippen LogP contribution < -0.4 is 10.7 Å². The summed E-state index contributed by atoms with van der Waals surface area (Å²) in [6.07, 6.45) is -4.41. The highest BCUT2D eigenvalue weighted by molar-refractivity contribution is 6.06. The predicted molar refractivity (Wildman–Crippen MR) is 89.6 cm³/mol. The maximum Gasteiger partial charge on any atom is 0.471 e. The second-order valence-corrected chi connectivity index (χ2v) is 5.81. The molecule has 0 aliphatic carbocycles. The van der Waals surface area contributed by atoms with E-state index in [1.807, 2.05) is 0 Å². The van der Waals surface area contributed by atoms with E-state index in [0.717, 1.165) is 0 Å². The van der Waals surface area contributed by atoms with Crippen molar-refractivity contribution in [3.8, 4) is 11.4 Å². The van der Waals surface area contributed by atoms with Crippen LogP contribution in [0.25, 0.3) is 11.4 Å². The van der Waals surface area contributed by atoms with Crippen molar-refractivity contribution < 1.29 is 27.3 Å². The summed E-state index contributed by atoms with van der Waals surface area (Å²) in [5.41, 5.74) is 4.21. The number of carbonyl (C=O) groups excluding carboxylic acids is 2. The SMILES string of the molecule is CCc1c(C(=O)NC(C)=O)ccc(-c2noc(C(F)(F)F)n2)c1NN(C)C. The summed E-state index contributed by atoms with van der Waals surface area (Å²) in [5, 5.41) is 7.13. The molecule has 1 aromatic heterocycles. The van der Waals surface area contributed by atoms with E-state index in [4.69, 9.17) is 0 Å². The van der Waals surface area contributed by atoms with Crippen molar-refractivity contribution in [3.05, 3.63) is 29.2 Å². The van der Waals surface area contributed by atoms with Gasteiger partial charge in [-0.15, -0.1) is 0 Å². The number of hydrazine groups is 1. The number of aromatic nitrogens is 2. The van der Waals surface area contributed by atoms with Crippen LogP contribution in [0.1, 0.15) is 35.7 Å². The Kier molecular flexibility index (Phi) is 5.84. The average Bonchev–Trinajstić information content (AvgIpc) is 3.03. The molecule has 0 radical (unpaired) electrons. The van der Waals surface area contributed by atoms with E-state index in [-0.39, 0.29) is 17.0 Å². The summed E-state index contributed by atoms with van der Waals surface area (Å²) in [6.45, 7) is 2.97. The topological polar surface area (TPSA) is 100 Å². The van der Waals surface area contributed by atoms with Crippen LogP contribution in [0.2, 0.25) is 0 Å². The van der Waals surface area contributed by atoms with Crippen LogP contribution in [-0.4, -0.2) is 41.1 Å². The summed E-state index contributed by atoms with van der Waals surface area (Å²) in [6, 6.07) is 2.79. The molecule has 0 aliphatic rings. The molecule has 0 atom stereocenters. The normalized spacial score (nSPS) is 11.6. The van der Waals surface area contributed by atoms with Gasteiger partial charge in [0.05, 0.1) is 5.69 Å². The molecule has 0 saturated carbocycles. The molecule has 0 bridgehead atoms. The summed E-state index contributed by atoms with van der Waals surface area (Å²) < 4.78 is 42.6. The van der Waals surface area contributed by atoms with Gasteiger partial charge in [0.1, 0.15) is 0 Å². The Morgan fingerprint density at radius 2 is 1.93 bits per heavy atom. The molecule has 146 valence electrons. The fourth-order valence-corrected chi connectivity index (χ4v) is 2.44. The van der Waals surface area contributed by atoms with Crippen LogP contribution in [0.5, 0.6) is 0 Å². The van der Waals surface area contributed by atoms with Crippen LogP contribution >= 0.6 is 0 Å². The number of alkyl halides is 3. The lowest BCUT2D eigenvalue weighted by atomic mass is 9.97. The van der Waals surface area contributed by atoms with E-state index in [0.29, 0.717) is 17.7 Å².